The Labute approximate surface area is 103 Å². The molecule has 0 aliphatic heterocycles. The van der Waals surface area contributed by atoms with E-state index in [0.29, 0.717) is 18.8 Å². The lowest BCUT2D eigenvalue weighted by molar-refractivity contribution is -0.122. The third-order valence-electron chi connectivity index (χ3n) is 2.07. The van der Waals surface area contributed by atoms with Crippen LogP contribution >= 0.6 is 11.3 Å². The number of nitrogens with zero attached hydrogens (tertiary/aromatic N) is 1. The van der Waals surface area contributed by atoms with Gasteiger partial charge in [0.05, 0.1) is 11.7 Å². The number of thiazole rings is 1. The minimum absolute atomic E-state index is 0.0625. The molecular weight excluding hydrogens is 242 g/mol. The summed E-state index contributed by atoms with van der Waals surface area (Å²) in [5, 5.41) is 16.1. The Balaban J connectivity index is 2.44. The van der Waals surface area contributed by atoms with Crippen molar-refractivity contribution in [1.82, 2.24) is 15.6 Å². The molecule has 1 unspecified atom stereocenters. The number of rotatable bonds is 6. The second kappa shape index (κ2) is 6.31. The first-order chi connectivity index (χ1) is 8.04. The molecule has 6 nitrogen and oxygen atoms in total. The molecule has 0 radical (unpaired) electrons. The first-order valence-electron chi connectivity index (χ1n) is 5.23. The average molecular weight is 257 g/mol. The van der Waals surface area contributed by atoms with E-state index in [0.717, 1.165) is 11.3 Å². The van der Waals surface area contributed by atoms with Gasteiger partial charge in [-0.3, -0.25) is 4.79 Å². The third-order valence-corrected chi connectivity index (χ3v) is 2.95. The van der Waals surface area contributed by atoms with Crippen molar-refractivity contribution in [1.29, 1.82) is 0 Å². The first kappa shape index (κ1) is 13.6. The fraction of sp³-hybridized carbons (Fsp3) is 0.500. The molecule has 0 spiro atoms. The number of aromatic carboxylic acids is 1. The second-order valence-corrected chi connectivity index (χ2v) is 4.30. The van der Waals surface area contributed by atoms with Gasteiger partial charge in [-0.25, -0.2) is 9.78 Å². The van der Waals surface area contributed by atoms with Crippen LogP contribution in [0.25, 0.3) is 0 Å². The van der Waals surface area contributed by atoms with E-state index in [2.05, 4.69) is 15.6 Å². The van der Waals surface area contributed by atoms with Gasteiger partial charge in [0, 0.05) is 18.5 Å². The molecule has 1 amide bonds. The SMILES string of the molecule is CCNC(=O)C(C)NCc1csc(C(=O)O)n1. The summed E-state index contributed by atoms with van der Waals surface area (Å²) in [6.07, 6.45) is 0. The van der Waals surface area contributed by atoms with E-state index < -0.39 is 5.97 Å². The molecule has 0 saturated carbocycles. The van der Waals surface area contributed by atoms with Gasteiger partial charge in [0.25, 0.3) is 0 Å². The van der Waals surface area contributed by atoms with E-state index in [9.17, 15) is 9.59 Å². The van der Waals surface area contributed by atoms with Crippen molar-refractivity contribution >= 4 is 23.2 Å². The number of carboxylic acid groups (broad SMARTS) is 1. The van der Waals surface area contributed by atoms with Crippen LogP contribution < -0.4 is 10.6 Å². The van der Waals surface area contributed by atoms with Crippen LogP contribution in [0.3, 0.4) is 0 Å². The van der Waals surface area contributed by atoms with Crippen molar-refractivity contribution in [3.8, 4) is 0 Å². The van der Waals surface area contributed by atoms with Crippen molar-refractivity contribution in [2.24, 2.45) is 0 Å². The van der Waals surface area contributed by atoms with Gasteiger partial charge in [0.1, 0.15) is 0 Å². The van der Waals surface area contributed by atoms with Crippen molar-refractivity contribution < 1.29 is 14.7 Å². The number of amides is 1. The Hall–Kier alpha value is -1.47. The molecule has 1 aromatic rings. The van der Waals surface area contributed by atoms with Crippen LogP contribution in [0.5, 0.6) is 0 Å². The predicted molar refractivity (Wildman–Crippen MR) is 64.1 cm³/mol. The number of hydrogen-bond donors (Lipinski definition) is 3. The molecule has 0 bridgehead atoms. The Kier molecular flexibility index (Phi) is 5.05. The zero-order valence-corrected chi connectivity index (χ0v) is 10.5. The molecule has 1 aromatic heterocycles. The number of carboxylic acids is 1. The number of aromatic nitrogens is 1. The monoisotopic (exact) mass is 257 g/mol. The molecule has 0 aromatic carbocycles. The van der Waals surface area contributed by atoms with Gasteiger partial charge in [-0.2, -0.15) is 0 Å². The molecular formula is C10H15N3O3S. The Morgan fingerprint density at radius 3 is 2.82 bits per heavy atom. The van der Waals surface area contributed by atoms with Gasteiger partial charge in [-0.05, 0) is 13.8 Å². The molecule has 0 saturated heterocycles. The normalized spacial score (nSPS) is 12.1. The predicted octanol–water partition coefficient (Wildman–Crippen LogP) is 0.455. The highest BCUT2D eigenvalue weighted by molar-refractivity contribution is 7.11. The molecule has 0 fully saturated rings. The lowest BCUT2D eigenvalue weighted by Gasteiger charge is -2.11. The maximum atomic E-state index is 11.4. The number of carbonyl (C=O) groups is 2. The largest absolute Gasteiger partial charge is 0.476 e. The lowest BCUT2D eigenvalue weighted by atomic mass is 10.3. The van der Waals surface area contributed by atoms with Gasteiger partial charge < -0.3 is 15.7 Å². The summed E-state index contributed by atoms with van der Waals surface area (Å²) in [5.41, 5.74) is 0.628. The summed E-state index contributed by atoms with van der Waals surface area (Å²) in [4.78, 5) is 25.9. The summed E-state index contributed by atoms with van der Waals surface area (Å²) < 4.78 is 0. The van der Waals surface area contributed by atoms with E-state index in [-0.39, 0.29) is 17.0 Å². The maximum absolute atomic E-state index is 11.4. The van der Waals surface area contributed by atoms with Crippen LogP contribution in [0.4, 0.5) is 0 Å². The zero-order valence-electron chi connectivity index (χ0n) is 9.69. The summed E-state index contributed by atoms with van der Waals surface area (Å²) in [6.45, 7) is 4.56. The molecule has 94 valence electrons. The Bertz CT molecular complexity index is 405. The number of nitrogens with one attached hydrogen (secondary N) is 2. The van der Waals surface area contributed by atoms with E-state index in [1.165, 1.54) is 0 Å². The van der Waals surface area contributed by atoms with Gasteiger partial charge in [0.15, 0.2) is 0 Å². The van der Waals surface area contributed by atoms with Crippen LogP contribution in [0.2, 0.25) is 0 Å². The third kappa shape index (κ3) is 4.12. The fourth-order valence-electron chi connectivity index (χ4n) is 1.16. The van der Waals surface area contributed by atoms with Crippen molar-refractivity contribution in [2.75, 3.05) is 6.54 Å². The maximum Gasteiger partial charge on any atom is 0.365 e. The molecule has 7 heteroatoms. The van der Waals surface area contributed by atoms with E-state index in [1.807, 2.05) is 6.92 Å². The number of likely N-dealkylation sites (N-methyl/N-ethyl adjacent to an activating group) is 1. The van der Waals surface area contributed by atoms with E-state index in [1.54, 1.807) is 12.3 Å². The number of hydrogen-bond acceptors (Lipinski definition) is 5. The standard InChI is InChI=1S/C10H15N3O3S/c1-3-11-8(14)6(2)12-4-7-5-17-9(13-7)10(15)16/h5-6,12H,3-4H2,1-2H3,(H,11,14)(H,15,16). The lowest BCUT2D eigenvalue weighted by Crippen LogP contribution is -2.41. The summed E-state index contributed by atoms with van der Waals surface area (Å²) in [7, 11) is 0. The minimum atomic E-state index is -1.03. The van der Waals surface area contributed by atoms with Gasteiger partial charge in [-0.15, -0.1) is 11.3 Å². The molecule has 0 aliphatic carbocycles. The zero-order chi connectivity index (χ0) is 12.8. The molecule has 1 atom stereocenters. The van der Waals surface area contributed by atoms with Gasteiger partial charge in [-0.1, -0.05) is 0 Å². The quantitative estimate of drug-likeness (QED) is 0.688. The smallest absolute Gasteiger partial charge is 0.365 e. The van der Waals surface area contributed by atoms with Crippen LogP contribution in [-0.2, 0) is 11.3 Å². The highest BCUT2D eigenvalue weighted by Crippen LogP contribution is 2.09. The minimum Gasteiger partial charge on any atom is -0.476 e. The summed E-state index contributed by atoms with van der Waals surface area (Å²) in [5.74, 6) is -1.11. The average Bonchev–Trinajstić information content (AvgIpc) is 2.75. The van der Waals surface area contributed by atoms with E-state index >= 15 is 0 Å². The molecule has 3 N–H and O–H groups in total. The first-order valence-corrected chi connectivity index (χ1v) is 6.11. The van der Waals surface area contributed by atoms with Crippen molar-refractivity contribution in [2.45, 2.75) is 26.4 Å². The van der Waals surface area contributed by atoms with Crippen LogP contribution in [-0.4, -0.2) is 34.6 Å². The van der Waals surface area contributed by atoms with Gasteiger partial charge >= 0.3 is 5.97 Å². The molecule has 1 heterocycles. The highest BCUT2D eigenvalue weighted by Gasteiger charge is 2.13. The summed E-state index contributed by atoms with van der Waals surface area (Å²) in [6, 6.07) is -0.329. The second-order valence-electron chi connectivity index (χ2n) is 3.45. The molecule has 1 rings (SSSR count). The molecule has 17 heavy (non-hydrogen) atoms. The van der Waals surface area contributed by atoms with Crippen LogP contribution in [0.15, 0.2) is 5.38 Å². The van der Waals surface area contributed by atoms with Crippen LogP contribution in [0, 0.1) is 0 Å². The Morgan fingerprint density at radius 2 is 2.29 bits per heavy atom. The van der Waals surface area contributed by atoms with Gasteiger partial charge in [0.2, 0.25) is 10.9 Å². The van der Waals surface area contributed by atoms with Crippen molar-refractivity contribution in [3.63, 3.8) is 0 Å². The van der Waals surface area contributed by atoms with Crippen molar-refractivity contribution in [3.05, 3.63) is 16.1 Å². The Morgan fingerprint density at radius 1 is 1.59 bits per heavy atom. The van der Waals surface area contributed by atoms with E-state index in [4.69, 9.17) is 5.11 Å². The van der Waals surface area contributed by atoms with Crippen LogP contribution in [0.1, 0.15) is 29.3 Å². The highest BCUT2D eigenvalue weighted by atomic mass is 32.1. The number of carbonyl (C=O) groups excluding carboxylic acids is 1. The fourth-order valence-corrected chi connectivity index (χ4v) is 1.82. The summed E-state index contributed by atoms with van der Waals surface area (Å²) >= 11 is 1.08. The topological polar surface area (TPSA) is 91.3 Å². The molecule has 0 aliphatic rings.